The third-order valence-electron chi connectivity index (χ3n) is 3.10. The molecule has 2 aromatic heterocycles. The first-order valence-electron chi connectivity index (χ1n) is 6.31. The Morgan fingerprint density at radius 2 is 1.89 bits per heavy atom. The molecule has 0 fully saturated rings. The number of aryl methyl sites for hydroxylation is 3. The van der Waals surface area contributed by atoms with Crippen molar-refractivity contribution in [1.29, 1.82) is 0 Å². The van der Waals surface area contributed by atoms with Gasteiger partial charge in [-0.3, -0.25) is 4.98 Å². The molecule has 0 aliphatic rings. The van der Waals surface area contributed by atoms with Crippen LogP contribution in [0.5, 0.6) is 0 Å². The molecule has 0 amide bonds. The Kier molecular flexibility index (Phi) is 3.79. The second-order valence-electron chi connectivity index (χ2n) is 4.79. The highest BCUT2D eigenvalue weighted by atomic mass is 19.1. The van der Waals surface area contributed by atoms with Crippen LogP contribution in [0.3, 0.4) is 0 Å². The zero-order valence-corrected chi connectivity index (χ0v) is 11.7. The Labute approximate surface area is 112 Å². The number of hydrogen-bond donors (Lipinski definition) is 1. The van der Waals surface area contributed by atoms with Crippen LogP contribution in [0.4, 0.5) is 10.2 Å². The Morgan fingerprint density at radius 3 is 2.53 bits per heavy atom. The molecule has 1 unspecified atom stereocenters. The van der Waals surface area contributed by atoms with Crippen molar-refractivity contribution in [1.82, 2.24) is 9.97 Å². The van der Waals surface area contributed by atoms with E-state index < -0.39 is 5.95 Å². The maximum atomic E-state index is 13.1. The van der Waals surface area contributed by atoms with E-state index in [9.17, 15) is 4.39 Å². The molecule has 1 atom stereocenters. The summed E-state index contributed by atoms with van der Waals surface area (Å²) in [6, 6.07) is 6.82. The van der Waals surface area contributed by atoms with Crippen molar-refractivity contribution < 1.29 is 4.39 Å². The monoisotopic (exact) mass is 259 g/mol. The molecule has 2 heterocycles. The van der Waals surface area contributed by atoms with E-state index in [-0.39, 0.29) is 6.04 Å². The maximum absolute atomic E-state index is 13.1. The van der Waals surface area contributed by atoms with Gasteiger partial charge >= 0.3 is 0 Å². The van der Waals surface area contributed by atoms with Crippen LogP contribution in [-0.4, -0.2) is 9.97 Å². The molecule has 3 nitrogen and oxygen atoms in total. The van der Waals surface area contributed by atoms with Crippen LogP contribution in [0, 0.1) is 26.7 Å². The van der Waals surface area contributed by atoms with Gasteiger partial charge in [-0.05, 0) is 57.0 Å². The van der Waals surface area contributed by atoms with Gasteiger partial charge in [0.05, 0.1) is 6.04 Å². The Balaban J connectivity index is 2.28. The van der Waals surface area contributed by atoms with E-state index in [0.717, 1.165) is 17.0 Å². The maximum Gasteiger partial charge on any atom is 0.214 e. The Hall–Kier alpha value is -1.97. The molecule has 0 aliphatic heterocycles. The molecule has 0 bridgehead atoms. The molecule has 19 heavy (non-hydrogen) atoms. The molecule has 2 aromatic rings. The van der Waals surface area contributed by atoms with E-state index in [2.05, 4.69) is 28.3 Å². The minimum atomic E-state index is -0.479. The first-order chi connectivity index (χ1) is 8.97. The molecule has 4 heteroatoms. The lowest BCUT2D eigenvalue weighted by Crippen LogP contribution is -2.12. The molecule has 2 rings (SSSR count). The van der Waals surface area contributed by atoms with Crippen LogP contribution in [0.15, 0.2) is 24.3 Å². The summed E-state index contributed by atoms with van der Waals surface area (Å²) in [5.74, 6) is 0.0551. The van der Waals surface area contributed by atoms with Gasteiger partial charge in [-0.25, -0.2) is 4.98 Å². The molecule has 1 N–H and O–H groups in total. The number of aromatic nitrogens is 2. The van der Waals surface area contributed by atoms with Gasteiger partial charge in [0.2, 0.25) is 5.95 Å². The largest absolute Gasteiger partial charge is 0.363 e. The zero-order chi connectivity index (χ0) is 14.0. The Morgan fingerprint density at radius 1 is 1.16 bits per heavy atom. The SMILES string of the molecule is Cc1cc(C)c(C(C)Nc2cccc(F)n2)c(C)n1. The molecule has 100 valence electrons. The topological polar surface area (TPSA) is 37.8 Å². The highest BCUT2D eigenvalue weighted by Gasteiger charge is 2.13. The number of nitrogens with zero attached hydrogens (tertiary/aromatic N) is 2. The normalized spacial score (nSPS) is 12.3. The lowest BCUT2D eigenvalue weighted by atomic mass is 10.0. The van der Waals surface area contributed by atoms with Gasteiger partial charge < -0.3 is 5.32 Å². The van der Waals surface area contributed by atoms with Crippen molar-refractivity contribution in [3.05, 3.63) is 52.7 Å². The van der Waals surface area contributed by atoms with Crippen LogP contribution in [0.2, 0.25) is 0 Å². The smallest absolute Gasteiger partial charge is 0.214 e. The van der Waals surface area contributed by atoms with E-state index in [0.29, 0.717) is 5.82 Å². The average Bonchev–Trinajstić information content (AvgIpc) is 2.27. The van der Waals surface area contributed by atoms with E-state index >= 15 is 0 Å². The van der Waals surface area contributed by atoms with Gasteiger partial charge in [-0.1, -0.05) is 6.07 Å². The predicted octanol–water partition coefficient (Wildman–Crippen LogP) is 3.71. The fourth-order valence-corrected chi connectivity index (χ4v) is 2.47. The van der Waals surface area contributed by atoms with Gasteiger partial charge in [-0.2, -0.15) is 4.39 Å². The third kappa shape index (κ3) is 3.08. The standard InChI is InChI=1S/C15H18FN3/c1-9-8-10(2)17-11(3)15(9)12(4)18-14-7-5-6-13(16)19-14/h5-8,12H,1-4H3,(H,18,19). The van der Waals surface area contributed by atoms with Crippen LogP contribution >= 0.6 is 0 Å². The molecule has 0 aliphatic carbocycles. The van der Waals surface area contributed by atoms with E-state index in [1.54, 1.807) is 12.1 Å². The minimum absolute atomic E-state index is 0.0300. The number of pyridine rings is 2. The molecule has 0 saturated carbocycles. The minimum Gasteiger partial charge on any atom is -0.363 e. The summed E-state index contributed by atoms with van der Waals surface area (Å²) < 4.78 is 13.1. The first kappa shape index (κ1) is 13.5. The summed E-state index contributed by atoms with van der Waals surface area (Å²) >= 11 is 0. The van der Waals surface area contributed by atoms with Crippen molar-refractivity contribution in [3.63, 3.8) is 0 Å². The van der Waals surface area contributed by atoms with Crippen LogP contribution in [-0.2, 0) is 0 Å². The fourth-order valence-electron chi connectivity index (χ4n) is 2.47. The molecular formula is C15H18FN3. The van der Waals surface area contributed by atoms with Crippen molar-refractivity contribution in [2.75, 3.05) is 5.32 Å². The highest BCUT2D eigenvalue weighted by molar-refractivity contribution is 5.41. The van der Waals surface area contributed by atoms with Crippen LogP contribution in [0.1, 0.15) is 35.5 Å². The lowest BCUT2D eigenvalue weighted by molar-refractivity contribution is 0.584. The summed E-state index contributed by atoms with van der Waals surface area (Å²) in [7, 11) is 0. The second-order valence-corrected chi connectivity index (χ2v) is 4.79. The van der Waals surface area contributed by atoms with Gasteiger partial charge in [0.15, 0.2) is 0 Å². The second kappa shape index (κ2) is 5.34. The predicted molar refractivity (Wildman–Crippen MR) is 74.7 cm³/mol. The molecule has 0 saturated heterocycles. The summed E-state index contributed by atoms with van der Waals surface area (Å²) in [6.07, 6.45) is 0. The summed E-state index contributed by atoms with van der Waals surface area (Å²) in [6.45, 7) is 8.07. The molecule has 0 radical (unpaired) electrons. The van der Waals surface area contributed by atoms with E-state index in [1.165, 1.54) is 11.6 Å². The summed E-state index contributed by atoms with van der Waals surface area (Å²) in [5, 5.41) is 3.21. The molecule has 0 spiro atoms. The number of anilines is 1. The Bertz CT molecular complexity index is 573. The van der Waals surface area contributed by atoms with Crippen LogP contribution < -0.4 is 5.32 Å². The summed E-state index contributed by atoms with van der Waals surface area (Å²) in [4.78, 5) is 8.30. The van der Waals surface area contributed by atoms with Gasteiger partial charge in [0.1, 0.15) is 5.82 Å². The number of nitrogens with one attached hydrogen (secondary N) is 1. The first-order valence-corrected chi connectivity index (χ1v) is 6.31. The van der Waals surface area contributed by atoms with Crippen molar-refractivity contribution in [2.24, 2.45) is 0 Å². The van der Waals surface area contributed by atoms with Gasteiger partial charge in [0, 0.05) is 11.4 Å². The zero-order valence-electron chi connectivity index (χ0n) is 11.7. The average molecular weight is 259 g/mol. The van der Waals surface area contributed by atoms with Crippen molar-refractivity contribution >= 4 is 5.82 Å². The van der Waals surface area contributed by atoms with E-state index in [1.807, 2.05) is 20.8 Å². The van der Waals surface area contributed by atoms with Gasteiger partial charge in [0.25, 0.3) is 0 Å². The molecule has 0 aromatic carbocycles. The number of hydrogen-bond acceptors (Lipinski definition) is 3. The van der Waals surface area contributed by atoms with Crippen molar-refractivity contribution in [3.8, 4) is 0 Å². The summed E-state index contributed by atoms with van der Waals surface area (Å²) in [5.41, 5.74) is 4.32. The van der Waals surface area contributed by atoms with Gasteiger partial charge in [-0.15, -0.1) is 0 Å². The van der Waals surface area contributed by atoms with Crippen molar-refractivity contribution in [2.45, 2.75) is 33.7 Å². The highest BCUT2D eigenvalue weighted by Crippen LogP contribution is 2.24. The number of rotatable bonds is 3. The van der Waals surface area contributed by atoms with Crippen LogP contribution in [0.25, 0.3) is 0 Å². The molecular weight excluding hydrogens is 241 g/mol. The fraction of sp³-hybridized carbons (Fsp3) is 0.333. The lowest BCUT2D eigenvalue weighted by Gasteiger charge is -2.19. The van der Waals surface area contributed by atoms with E-state index in [4.69, 9.17) is 0 Å². The number of halogens is 1. The third-order valence-corrected chi connectivity index (χ3v) is 3.10. The quantitative estimate of drug-likeness (QED) is 0.854.